The lowest BCUT2D eigenvalue weighted by molar-refractivity contribution is 0.126. The summed E-state index contributed by atoms with van der Waals surface area (Å²) in [5, 5.41) is 3.49. The minimum atomic E-state index is 0.686. The van der Waals surface area contributed by atoms with E-state index in [9.17, 15) is 0 Å². The van der Waals surface area contributed by atoms with E-state index in [2.05, 4.69) is 41.2 Å². The molecule has 17 heavy (non-hydrogen) atoms. The van der Waals surface area contributed by atoms with E-state index in [1.165, 1.54) is 12.1 Å². The smallest absolute Gasteiger partial charge is 0.0270 e. The van der Waals surface area contributed by atoms with Crippen LogP contribution in [0.3, 0.4) is 0 Å². The first-order valence-corrected chi connectivity index (χ1v) is 6.61. The molecule has 1 aliphatic heterocycles. The van der Waals surface area contributed by atoms with Crippen molar-refractivity contribution >= 4 is 0 Å². The molecule has 0 amide bonds. The monoisotopic (exact) mass is 233 g/mol. The Morgan fingerprint density at radius 1 is 1.41 bits per heavy atom. The van der Waals surface area contributed by atoms with E-state index in [0.29, 0.717) is 6.04 Å². The van der Waals surface area contributed by atoms with Gasteiger partial charge in [-0.3, -0.25) is 9.88 Å². The molecule has 1 aromatic heterocycles. The van der Waals surface area contributed by atoms with Crippen molar-refractivity contribution in [1.29, 1.82) is 0 Å². The zero-order chi connectivity index (χ0) is 12.1. The van der Waals surface area contributed by atoms with Gasteiger partial charge < -0.3 is 5.32 Å². The fraction of sp³-hybridized carbons (Fsp3) is 0.643. The molecular formula is C14H23N3. The normalized spacial score (nSPS) is 21.9. The Morgan fingerprint density at radius 3 is 2.88 bits per heavy atom. The van der Waals surface area contributed by atoms with Gasteiger partial charge >= 0.3 is 0 Å². The van der Waals surface area contributed by atoms with Crippen LogP contribution in [0.2, 0.25) is 0 Å². The Kier molecular flexibility index (Phi) is 4.51. The van der Waals surface area contributed by atoms with Crippen LogP contribution in [-0.2, 0) is 6.42 Å². The Labute approximate surface area is 104 Å². The summed E-state index contributed by atoms with van der Waals surface area (Å²) in [5.74, 6) is 0.722. The Bertz CT molecular complexity index is 323. The maximum Gasteiger partial charge on any atom is 0.0270 e. The summed E-state index contributed by atoms with van der Waals surface area (Å²) in [6.45, 7) is 9.23. The van der Waals surface area contributed by atoms with Crippen LogP contribution in [0.25, 0.3) is 0 Å². The lowest BCUT2D eigenvalue weighted by Crippen LogP contribution is -2.53. The third-order valence-corrected chi connectivity index (χ3v) is 3.60. The summed E-state index contributed by atoms with van der Waals surface area (Å²) < 4.78 is 0. The van der Waals surface area contributed by atoms with Gasteiger partial charge in [0.15, 0.2) is 0 Å². The minimum absolute atomic E-state index is 0.686. The van der Waals surface area contributed by atoms with Crippen LogP contribution in [0, 0.1) is 5.92 Å². The average molecular weight is 233 g/mol. The maximum atomic E-state index is 4.06. The number of nitrogens with one attached hydrogen (secondary N) is 1. The number of nitrogens with zero attached hydrogens (tertiary/aromatic N) is 2. The van der Waals surface area contributed by atoms with E-state index in [1.54, 1.807) is 0 Å². The molecule has 1 atom stereocenters. The molecule has 1 aromatic rings. The third kappa shape index (κ3) is 3.51. The van der Waals surface area contributed by atoms with E-state index in [4.69, 9.17) is 0 Å². The fourth-order valence-corrected chi connectivity index (χ4v) is 2.52. The van der Waals surface area contributed by atoms with E-state index in [-0.39, 0.29) is 0 Å². The van der Waals surface area contributed by atoms with Gasteiger partial charge in [0.25, 0.3) is 0 Å². The van der Waals surface area contributed by atoms with Crippen LogP contribution in [-0.4, -0.2) is 42.1 Å². The highest BCUT2D eigenvalue weighted by Gasteiger charge is 2.24. The van der Waals surface area contributed by atoms with Crippen molar-refractivity contribution in [2.45, 2.75) is 26.3 Å². The Hall–Kier alpha value is -0.930. The summed E-state index contributed by atoms with van der Waals surface area (Å²) in [5.41, 5.74) is 1.39. The van der Waals surface area contributed by atoms with Crippen molar-refractivity contribution < 1.29 is 0 Å². The van der Waals surface area contributed by atoms with Gasteiger partial charge in [-0.05, 0) is 30.0 Å². The summed E-state index contributed by atoms with van der Waals surface area (Å²) in [6.07, 6.45) is 4.89. The number of rotatable bonds is 4. The molecule has 1 N–H and O–H groups in total. The first-order valence-electron chi connectivity index (χ1n) is 6.61. The molecule has 2 heterocycles. The zero-order valence-electron chi connectivity index (χ0n) is 10.9. The van der Waals surface area contributed by atoms with E-state index >= 15 is 0 Å². The average Bonchev–Trinajstić information content (AvgIpc) is 2.38. The fourth-order valence-electron chi connectivity index (χ4n) is 2.52. The number of piperazine rings is 1. The van der Waals surface area contributed by atoms with Crippen LogP contribution in [0.1, 0.15) is 19.4 Å². The Balaban J connectivity index is 1.88. The molecule has 0 bridgehead atoms. The van der Waals surface area contributed by atoms with Crippen molar-refractivity contribution in [1.82, 2.24) is 15.2 Å². The first kappa shape index (κ1) is 12.5. The van der Waals surface area contributed by atoms with Crippen molar-refractivity contribution in [3.05, 3.63) is 30.1 Å². The van der Waals surface area contributed by atoms with Crippen LogP contribution in [0.15, 0.2) is 24.5 Å². The summed E-state index contributed by atoms with van der Waals surface area (Å²) in [6, 6.07) is 4.92. The molecule has 0 aromatic carbocycles. The van der Waals surface area contributed by atoms with Gasteiger partial charge in [0.1, 0.15) is 0 Å². The number of aromatic nitrogens is 1. The van der Waals surface area contributed by atoms with E-state index in [1.807, 2.05) is 12.4 Å². The standard InChI is InChI=1S/C14H23N3/c1-12(2)14-11-16-8-10-17(14)9-5-13-3-6-15-7-4-13/h3-4,6-7,12,14,16H,5,8-11H2,1-2H3. The molecule has 3 nitrogen and oxygen atoms in total. The molecular weight excluding hydrogens is 210 g/mol. The highest BCUT2D eigenvalue weighted by atomic mass is 15.2. The summed E-state index contributed by atoms with van der Waals surface area (Å²) >= 11 is 0. The van der Waals surface area contributed by atoms with Crippen LogP contribution in [0.5, 0.6) is 0 Å². The highest BCUT2D eigenvalue weighted by molar-refractivity contribution is 5.10. The van der Waals surface area contributed by atoms with Crippen LogP contribution >= 0.6 is 0 Å². The molecule has 3 heteroatoms. The summed E-state index contributed by atoms with van der Waals surface area (Å²) in [4.78, 5) is 6.69. The molecule has 94 valence electrons. The lowest BCUT2D eigenvalue weighted by Gasteiger charge is -2.38. The van der Waals surface area contributed by atoms with Gasteiger partial charge in [0, 0.05) is 44.6 Å². The number of hydrogen-bond donors (Lipinski definition) is 1. The van der Waals surface area contributed by atoms with Crippen LogP contribution in [0.4, 0.5) is 0 Å². The van der Waals surface area contributed by atoms with Gasteiger partial charge in [0.2, 0.25) is 0 Å². The van der Waals surface area contributed by atoms with Crippen molar-refractivity contribution in [2.24, 2.45) is 5.92 Å². The number of hydrogen-bond acceptors (Lipinski definition) is 3. The SMILES string of the molecule is CC(C)C1CNCCN1CCc1ccncc1. The first-order chi connectivity index (χ1) is 8.27. The molecule has 1 unspecified atom stereocenters. The lowest BCUT2D eigenvalue weighted by atomic mass is 10.00. The highest BCUT2D eigenvalue weighted by Crippen LogP contribution is 2.13. The third-order valence-electron chi connectivity index (χ3n) is 3.60. The van der Waals surface area contributed by atoms with Gasteiger partial charge in [-0.15, -0.1) is 0 Å². The summed E-state index contributed by atoms with van der Waals surface area (Å²) in [7, 11) is 0. The second kappa shape index (κ2) is 6.12. The Morgan fingerprint density at radius 2 is 2.18 bits per heavy atom. The van der Waals surface area contributed by atoms with E-state index < -0.39 is 0 Å². The second-order valence-corrected chi connectivity index (χ2v) is 5.16. The molecule has 1 aliphatic rings. The molecule has 0 aliphatic carbocycles. The maximum absolute atomic E-state index is 4.06. The molecule has 0 saturated carbocycles. The molecule has 1 fully saturated rings. The van der Waals surface area contributed by atoms with Gasteiger partial charge in [-0.25, -0.2) is 0 Å². The van der Waals surface area contributed by atoms with Crippen molar-refractivity contribution in [3.63, 3.8) is 0 Å². The second-order valence-electron chi connectivity index (χ2n) is 5.16. The molecule has 0 spiro atoms. The van der Waals surface area contributed by atoms with Gasteiger partial charge in [-0.2, -0.15) is 0 Å². The van der Waals surface area contributed by atoms with Crippen molar-refractivity contribution in [2.75, 3.05) is 26.2 Å². The largest absolute Gasteiger partial charge is 0.314 e. The zero-order valence-corrected chi connectivity index (χ0v) is 10.9. The van der Waals surface area contributed by atoms with E-state index in [0.717, 1.165) is 32.0 Å². The molecule has 2 rings (SSSR count). The predicted octanol–water partition coefficient (Wildman–Crippen LogP) is 1.55. The van der Waals surface area contributed by atoms with Gasteiger partial charge in [0.05, 0.1) is 0 Å². The van der Waals surface area contributed by atoms with Gasteiger partial charge in [-0.1, -0.05) is 13.8 Å². The predicted molar refractivity (Wildman–Crippen MR) is 71.0 cm³/mol. The number of pyridine rings is 1. The van der Waals surface area contributed by atoms with Crippen LogP contribution < -0.4 is 5.32 Å². The molecule has 0 radical (unpaired) electrons. The minimum Gasteiger partial charge on any atom is -0.314 e. The van der Waals surface area contributed by atoms with Crippen molar-refractivity contribution in [3.8, 4) is 0 Å². The molecule has 1 saturated heterocycles. The topological polar surface area (TPSA) is 28.2 Å². The quantitative estimate of drug-likeness (QED) is 0.855.